The van der Waals surface area contributed by atoms with Crippen LogP contribution in [0, 0.1) is 0 Å². The molecule has 0 atom stereocenters. The highest BCUT2D eigenvalue weighted by molar-refractivity contribution is 7.13. The molecular weight excluding hydrogens is 244 g/mol. The Hall–Kier alpha value is -2.22. The van der Waals surface area contributed by atoms with E-state index in [4.69, 9.17) is 0 Å². The van der Waals surface area contributed by atoms with Crippen LogP contribution in [0.3, 0.4) is 0 Å². The smallest absolute Gasteiger partial charge is 0.313 e. The predicted octanol–water partition coefficient (Wildman–Crippen LogP) is -0.218. The minimum absolute atomic E-state index is 0.137. The lowest BCUT2D eigenvalue weighted by Gasteiger charge is -2.02. The van der Waals surface area contributed by atoms with Crippen molar-refractivity contribution >= 4 is 22.4 Å². The molecule has 0 unspecified atom stereocenters. The van der Waals surface area contributed by atoms with Gasteiger partial charge in [-0.2, -0.15) is 0 Å². The Morgan fingerprint density at radius 1 is 1.53 bits per heavy atom. The van der Waals surface area contributed by atoms with Gasteiger partial charge in [-0.1, -0.05) is 0 Å². The third kappa shape index (κ3) is 2.16. The number of carbonyl (C=O) groups is 1. The maximum absolute atomic E-state index is 11.7. The fourth-order valence-electron chi connectivity index (χ4n) is 1.18. The fraction of sp³-hybridized carbons (Fsp3) is 0.111. The van der Waals surface area contributed by atoms with Crippen molar-refractivity contribution in [2.75, 3.05) is 5.32 Å². The molecule has 7 nitrogen and oxygen atoms in total. The van der Waals surface area contributed by atoms with E-state index in [1.807, 2.05) is 0 Å². The number of nitrogens with one attached hydrogen (secondary N) is 2. The Morgan fingerprint density at radius 2 is 2.29 bits per heavy atom. The van der Waals surface area contributed by atoms with Crippen LogP contribution < -0.4 is 16.6 Å². The number of carbonyl (C=O) groups excluding carboxylic acids is 1. The van der Waals surface area contributed by atoms with Gasteiger partial charge in [0.15, 0.2) is 5.13 Å². The summed E-state index contributed by atoms with van der Waals surface area (Å²) in [6.07, 6.45) is 2.62. The van der Waals surface area contributed by atoms with Gasteiger partial charge in [0.05, 0.1) is 0 Å². The van der Waals surface area contributed by atoms with Crippen molar-refractivity contribution in [3.8, 4) is 0 Å². The van der Waals surface area contributed by atoms with Gasteiger partial charge in [-0.15, -0.1) is 11.3 Å². The molecule has 2 aromatic heterocycles. The first-order valence-corrected chi connectivity index (χ1v) is 5.47. The molecule has 2 aromatic rings. The standard InChI is InChI=1S/C9H8N4O3S/c1-13-7(15)5(4-11-9(13)16)6(14)12-8-10-2-3-17-8/h2-4H,1H3,(H,11,16)(H,10,12,14). The summed E-state index contributed by atoms with van der Waals surface area (Å²) in [6, 6.07) is 0. The van der Waals surface area contributed by atoms with Gasteiger partial charge in [-0.05, 0) is 0 Å². The number of aromatic nitrogens is 3. The van der Waals surface area contributed by atoms with Crippen molar-refractivity contribution in [3.63, 3.8) is 0 Å². The Bertz CT molecular complexity index is 656. The van der Waals surface area contributed by atoms with E-state index < -0.39 is 17.2 Å². The van der Waals surface area contributed by atoms with E-state index in [2.05, 4.69) is 15.3 Å². The molecule has 88 valence electrons. The summed E-state index contributed by atoms with van der Waals surface area (Å²) in [6.45, 7) is 0. The normalized spacial score (nSPS) is 10.2. The van der Waals surface area contributed by atoms with Crippen LogP contribution >= 0.6 is 11.3 Å². The first-order valence-electron chi connectivity index (χ1n) is 4.59. The first kappa shape index (κ1) is 11.3. The lowest BCUT2D eigenvalue weighted by molar-refractivity contribution is 0.102. The van der Waals surface area contributed by atoms with Gasteiger partial charge in [0.25, 0.3) is 11.5 Å². The van der Waals surface area contributed by atoms with E-state index in [0.717, 1.165) is 10.8 Å². The lowest BCUT2D eigenvalue weighted by atomic mass is 10.3. The molecule has 17 heavy (non-hydrogen) atoms. The number of amides is 1. The molecular formula is C9H8N4O3S. The third-order valence-electron chi connectivity index (χ3n) is 2.08. The summed E-state index contributed by atoms with van der Waals surface area (Å²) >= 11 is 1.24. The van der Waals surface area contributed by atoms with E-state index >= 15 is 0 Å². The predicted molar refractivity (Wildman–Crippen MR) is 62.4 cm³/mol. The second-order valence-electron chi connectivity index (χ2n) is 3.16. The van der Waals surface area contributed by atoms with Gasteiger partial charge in [0.2, 0.25) is 0 Å². The van der Waals surface area contributed by atoms with Gasteiger partial charge < -0.3 is 4.98 Å². The zero-order chi connectivity index (χ0) is 12.4. The number of H-pyrrole nitrogens is 1. The average molecular weight is 252 g/mol. The maximum atomic E-state index is 11.7. The topological polar surface area (TPSA) is 96.8 Å². The molecule has 0 bridgehead atoms. The van der Waals surface area contributed by atoms with Crippen molar-refractivity contribution in [2.24, 2.45) is 7.05 Å². The summed E-state index contributed by atoms with van der Waals surface area (Å²) in [7, 11) is 1.29. The Balaban J connectivity index is 2.35. The number of hydrogen-bond acceptors (Lipinski definition) is 5. The van der Waals surface area contributed by atoms with Crippen molar-refractivity contribution in [3.05, 3.63) is 44.2 Å². The van der Waals surface area contributed by atoms with Crippen LogP contribution in [-0.4, -0.2) is 20.4 Å². The monoisotopic (exact) mass is 252 g/mol. The van der Waals surface area contributed by atoms with Gasteiger partial charge in [-0.3, -0.25) is 19.5 Å². The van der Waals surface area contributed by atoms with Crippen LogP contribution in [0.2, 0.25) is 0 Å². The third-order valence-corrected chi connectivity index (χ3v) is 2.77. The van der Waals surface area contributed by atoms with Gasteiger partial charge >= 0.3 is 5.69 Å². The first-order chi connectivity index (χ1) is 8.09. The average Bonchev–Trinajstić information content (AvgIpc) is 2.78. The Morgan fingerprint density at radius 3 is 2.94 bits per heavy atom. The van der Waals surface area contributed by atoms with Crippen molar-refractivity contribution < 1.29 is 4.79 Å². The molecule has 1 amide bonds. The number of anilines is 1. The number of aromatic amines is 1. The molecule has 2 rings (SSSR count). The van der Waals surface area contributed by atoms with Gasteiger partial charge in [0.1, 0.15) is 5.56 Å². The minimum atomic E-state index is -0.650. The van der Waals surface area contributed by atoms with E-state index in [1.165, 1.54) is 24.6 Å². The van der Waals surface area contributed by atoms with Gasteiger partial charge in [0, 0.05) is 24.8 Å². The number of hydrogen-bond donors (Lipinski definition) is 2. The second-order valence-corrected chi connectivity index (χ2v) is 4.06. The highest BCUT2D eigenvalue weighted by Gasteiger charge is 2.13. The summed E-state index contributed by atoms with van der Waals surface area (Å²) in [5.74, 6) is -0.600. The van der Waals surface area contributed by atoms with E-state index in [-0.39, 0.29) is 5.56 Å². The van der Waals surface area contributed by atoms with E-state index in [9.17, 15) is 14.4 Å². The maximum Gasteiger partial charge on any atom is 0.328 e. The molecule has 2 N–H and O–H groups in total. The Kier molecular flexibility index (Phi) is 2.88. The van der Waals surface area contributed by atoms with Crippen molar-refractivity contribution in [2.45, 2.75) is 0 Å². The molecule has 0 spiro atoms. The molecule has 0 fully saturated rings. The molecule has 0 saturated heterocycles. The Labute approximate surface area is 98.8 Å². The molecule has 0 saturated carbocycles. The SMILES string of the molecule is Cn1c(=O)[nH]cc(C(=O)Nc2nccs2)c1=O. The quantitative estimate of drug-likeness (QED) is 0.772. The van der Waals surface area contributed by atoms with Crippen LogP contribution in [0.25, 0.3) is 0 Å². The van der Waals surface area contributed by atoms with Crippen molar-refractivity contribution in [1.82, 2.24) is 14.5 Å². The molecule has 0 aromatic carbocycles. The number of thiazole rings is 1. The highest BCUT2D eigenvalue weighted by atomic mass is 32.1. The van der Waals surface area contributed by atoms with E-state index in [0.29, 0.717) is 5.13 Å². The number of nitrogens with zero attached hydrogens (tertiary/aromatic N) is 2. The largest absolute Gasteiger partial charge is 0.328 e. The van der Waals surface area contributed by atoms with Crippen LogP contribution in [-0.2, 0) is 7.05 Å². The zero-order valence-corrected chi connectivity index (χ0v) is 9.58. The summed E-state index contributed by atoms with van der Waals surface area (Å²) in [4.78, 5) is 40.6. The second kappa shape index (κ2) is 4.34. The fourth-order valence-corrected chi connectivity index (χ4v) is 1.70. The van der Waals surface area contributed by atoms with Gasteiger partial charge in [-0.25, -0.2) is 9.78 Å². The summed E-state index contributed by atoms with van der Waals surface area (Å²) < 4.78 is 0.830. The zero-order valence-electron chi connectivity index (χ0n) is 8.76. The number of rotatable bonds is 2. The molecule has 2 heterocycles. The molecule has 8 heteroatoms. The van der Waals surface area contributed by atoms with Crippen LogP contribution in [0.4, 0.5) is 5.13 Å². The molecule has 0 aliphatic rings. The highest BCUT2D eigenvalue weighted by Crippen LogP contribution is 2.10. The van der Waals surface area contributed by atoms with Crippen LogP contribution in [0.15, 0.2) is 27.4 Å². The van der Waals surface area contributed by atoms with E-state index in [1.54, 1.807) is 5.38 Å². The van der Waals surface area contributed by atoms with Crippen LogP contribution in [0.1, 0.15) is 10.4 Å². The minimum Gasteiger partial charge on any atom is -0.313 e. The summed E-state index contributed by atoms with van der Waals surface area (Å²) in [5.41, 5.74) is -1.36. The molecule has 0 aliphatic carbocycles. The van der Waals surface area contributed by atoms with Crippen molar-refractivity contribution in [1.29, 1.82) is 0 Å². The lowest BCUT2D eigenvalue weighted by Crippen LogP contribution is -2.37. The van der Waals surface area contributed by atoms with Crippen LogP contribution in [0.5, 0.6) is 0 Å². The molecule has 0 aliphatic heterocycles. The summed E-state index contributed by atoms with van der Waals surface area (Å²) in [5, 5.41) is 4.55. The molecule has 0 radical (unpaired) electrons.